The largest absolute Gasteiger partial charge is 0.480 e. The fraction of sp³-hybridized carbons (Fsp3) is 0.355. The van der Waals surface area contributed by atoms with Crippen molar-refractivity contribution >= 4 is 17.6 Å². The second-order valence-corrected chi connectivity index (χ2v) is 9.84. The summed E-state index contributed by atoms with van der Waals surface area (Å²) in [4.78, 5) is 31.1. The van der Waals surface area contributed by atoms with Gasteiger partial charge in [0.05, 0.1) is 6.67 Å². The van der Waals surface area contributed by atoms with Gasteiger partial charge in [-0.1, -0.05) is 86.3 Å². The van der Waals surface area contributed by atoms with Gasteiger partial charge in [0.25, 0.3) is 5.91 Å². The smallest absolute Gasteiger partial charge is 0.323 e. The molecule has 1 spiro atoms. The Balaban J connectivity index is 0.00000320. The molecule has 1 N–H and O–H groups in total. The van der Waals surface area contributed by atoms with E-state index in [1.54, 1.807) is 0 Å². The summed E-state index contributed by atoms with van der Waals surface area (Å²) < 4.78 is 0. The number of piperidine rings is 1. The number of likely N-dealkylation sites (tertiary alicyclic amines) is 1. The van der Waals surface area contributed by atoms with Crippen LogP contribution in [-0.4, -0.2) is 65.2 Å². The van der Waals surface area contributed by atoms with Crippen molar-refractivity contribution in [1.29, 1.82) is 0 Å². The first-order chi connectivity index (χ1) is 17.6. The Labute approximate surface area is 220 Å². The average molecular weight is 500 g/mol. The summed E-state index contributed by atoms with van der Waals surface area (Å²) in [6.07, 6.45) is 2.39. The molecule has 0 saturated carbocycles. The van der Waals surface area contributed by atoms with Gasteiger partial charge in [-0.05, 0) is 49.1 Å². The van der Waals surface area contributed by atoms with E-state index >= 15 is 0 Å². The predicted molar refractivity (Wildman–Crippen MR) is 148 cm³/mol. The first-order valence-corrected chi connectivity index (χ1v) is 12.7. The molecule has 0 aromatic heterocycles. The highest BCUT2D eigenvalue weighted by molar-refractivity contribution is 5.95. The van der Waals surface area contributed by atoms with Gasteiger partial charge in [0.15, 0.2) is 0 Å². The van der Waals surface area contributed by atoms with Gasteiger partial charge in [0.1, 0.15) is 12.1 Å². The third-order valence-corrected chi connectivity index (χ3v) is 7.73. The minimum absolute atomic E-state index is 0. The summed E-state index contributed by atoms with van der Waals surface area (Å²) in [6, 6.07) is 31.2. The number of aliphatic carboxylic acids is 1. The molecule has 5 rings (SSSR count). The fourth-order valence-corrected chi connectivity index (χ4v) is 5.84. The molecule has 3 aromatic carbocycles. The van der Waals surface area contributed by atoms with Crippen LogP contribution in [0.4, 0.5) is 5.69 Å². The van der Waals surface area contributed by atoms with E-state index in [-0.39, 0.29) is 19.9 Å². The topological polar surface area (TPSA) is 64.1 Å². The molecule has 0 unspecified atom stereocenters. The summed E-state index contributed by atoms with van der Waals surface area (Å²) in [5.41, 5.74) is 2.94. The molecular weight excluding hydrogens is 462 g/mol. The standard InChI is InChI=1S/C30H33N3O3.CH4/c34-28(35)22-32-23-33(26-14-8-3-9-15-26)30(29(32)36)17-20-31(21-18-30)19-16-27(24-10-4-1-5-11-24)25-12-6-2-7-13-25;/h1-15,27H,16-23H2,(H,34,35);1H4. The SMILES string of the molecule is C.O=C(O)CN1CN(c2ccccc2)C2(CCN(CCC(c3ccccc3)c3ccccc3)CC2)C1=O. The first kappa shape index (κ1) is 26.4. The number of anilines is 1. The molecule has 2 aliphatic rings. The third kappa shape index (κ3) is 5.54. The van der Waals surface area contributed by atoms with Crippen molar-refractivity contribution in [3.63, 3.8) is 0 Å². The maximum Gasteiger partial charge on any atom is 0.323 e. The van der Waals surface area contributed by atoms with Gasteiger partial charge in [0.2, 0.25) is 0 Å². The van der Waals surface area contributed by atoms with Crippen LogP contribution in [0.2, 0.25) is 0 Å². The van der Waals surface area contributed by atoms with Crippen molar-refractivity contribution in [2.24, 2.45) is 0 Å². The lowest BCUT2D eigenvalue weighted by Gasteiger charge is -2.43. The van der Waals surface area contributed by atoms with Crippen LogP contribution in [0.15, 0.2) is 91.0 Å². The lowest BCUT2D eigenvalue weighted by molar-refractivity contribution is -0.144. The number of nitrogens with zero attached hydrogens (tertiary/aromatic N) is 3. The Morgan fingerprint density at radius 1 is 0.838 bits per heavy atom. The van der Waals surface area contributed by atoms with Crippen LogP contribution in [-0.2, 0) is 9.59 Å². The minimum Gasteiger partial charge on any atom is -0.480 e. The summed E-state index contributed by atoms with van der Waals surface area (Å²) in [5, 5.41) is 9.37. The normalized spacial score (nSPS) is 17.3. The Hall–Kier alpha value is -3.64. The number of carbonyl (C=O) groups is 2. The number of rotatable bonds is 8. The Bertz CT molecular complexity index is 1120. The molecule has 2 heterocycles. The number of carboxylic acid groups (broad SMARTS) is 1. The fourth-order valence-electron chi connectivity index (χ4n) is 5.84. The van der Waals surface area contributed by atoms with Crippen molar-refractivity contribution in [3.8, 4) is 0 Å². The number of hydrogen-bond acceptors (Lipinski definition) is 4. The highest BCUT2D eigenvalue weighted by atomic mass is 16.4. The Morgan fingerprint density at radius 2 is 1.35 bits per heavy atom. The van der Waals surface area contributed by atoms with Crippen molar-refractivity contribution < 1.29 is 14.7 Å². The molecule has 37 heavy (non-hydrogen) atoms. The highest BCUT2D eigenvalue weighted by Gasteiger charge is 2.53. The van der Waals surface area contributed by atoms with Crippen LogP contribution in [0.3, 0.4) is 0 Å². The number of para-hydroxylation sites is 1. The molecule has 194 valence electrons. The monoisotopic (exact) mass is 499 g/mol. The van der Waals surface area contributed by atoms with Crippen LogP contribution < -0.4 is 4.90 Å². The molecule has 2 fully saturated rings. The lowest BCUT2D eigenvalue weighted by atomic mass is 9.84. The molecule has 3 aromatic rings. The van der Waals surface area contributed by atoms with E-state index in [9.17, 15) is 14.7 Å². The first-order valence-electron chi connectivity index (χ1n) is 12.7. The van der Waals surface area contributed by atoms with Crippen LogP contribution in [0.5, 0.6) is 0 Å². The lowest BCUT2D eigenvalue weighted by Crippen LogP contribution is -2.56. The van der Waals surface area contributed by atoms with Gasteiger partial charge in [-0.2, -0.15) is 0 Å². The van der Waals surface area contributed by atoms with Gasteiger partial charge in [0, 0.05) is 24.7 Å². The molecule has 1 amide bonds. The van der Waals surface area contributed by atoms with Crippen molar-refractivity contribution in [2.45, 2.75) is 38.1 Å². The van der Waals surface area contributed by atoms with Crippen LogP contribution in [0.25, 0.3) is 0 Å². The van der Waals surface area contributed by atoms with E-state index in [0.717, 1.165) is 31.7 Å². The number of carboxylic acids is 1. The number of amides is 1. The van der Waals surface area contributed by atoms with Crippen LogP contribution >= 0.6 is 0 Å². The molecule has 2 saturated heterocycles. The average Bonchev–Trinajstić information content (AvgIpc) is 3.17. The van der Waals surface area contributed by atoms with E-state index in [0.29, 0.717) is 25.4 Å². The zero-order valence-corrected chi connectivity index (χ0v) is 20.5. The molecule has 2 aliphatic heterocycles. The molecule has 6 heteroatoms. The maximum absolute atomic E-state index is 13.5. The number of benzene rings is 3. The molecule has 6 nitrogen and oxygen atoms in total. The maximum atomic E-state index is 13.5. The van der Waals surface area contributed by atoms with E-state index in [4.69, 9.17) is 0 Å². The van der Waals surface area contributed by atoms with E-state index < -0.39 is 11.5 Å². The van der Waals surface area contributed by atoms with Gasteiger partial charge in [-0.25, -0.2) is 0 Å². The van der Waals surface area contributed by atoms with E-state index in [2.05, 4.69) is 70.5 Å². The van der Waals surface area contributed by atoms with E-state index in [1.165, 1.54) is 16.0 Å². The highest BCUT2D eigenvalue weighted by Crippen LogP contribution is 2.39. The molecule has 0 atom stereocenters. The van der Waals surface area contributed by atoms with Crippen molar-refractivity contribution in [1.82, 2.24) is 9.80 Å². The zero-order valence-electron chi connectivity index (χ0n) is 20.5. The van der Waals surface area contributed by atoms with Crippen LogP contribution in [0, 0.1) is 0 Å². The Morgan fingerprint density at radius 3 is 1.86 bits per heavy atom. The van der Waals surface area contributed by atoms with Gasteiger partial charge < -0.3 is 19.8 Å². The van der Waals surface area contributed by atoms with E-state index in [1.807, 2.05) is 30.3 Å². The summed E-state index contributed by atoms with van der Waals surface area (Å²) in [5.74, 6) is -0.707. The molecule has 0 aliphatic carbocycles. The third-order valence-electron chi connectivity index (χ3n) is 7.73. The summed E-state index contributed by atoms with van der Waals surface area (Å²) >= 11 is 0. The summed E-state index contributed by atoms with van der Waals surface area (Å²) in [7, 11) is 0. The van der Waals surface area contributed by atoms with Gasteiger partial charge in [-0.15, -0.1) is 0 Å². The minimum atomic E-state index is -0.973. The van der Waals surface area contributed by atoms with Gasteiger partial charge >= 0.3 is 5.97 Å². The van der Waals surface area contributed by atoms with Crippen molar-refractivity contribution in [3.05, 3.63) is 102 Å². The second-order valence-electron chi connectivity index (χ2n) is 9.84. The van der Waals surface area contributed by atoms with Gasteiger partial charge in [-0.3, -0.25) is 9.59 Å². The number of carbonyl (C=O) groups excluding carboxylic acids is 1. The quantitative estimate of drug-likeness (QED) is 0.469. The molecule has 0 radical (unpaired) electrons. The number of hydrogen-bond donors (Lipinski definition) is 1. The second kappa shape index (κ2) is 11.6. The zero-order chi connectivity index (χ0) is 25.0. The molecular formula is C31H37N3O3. The predicted octanol–water partition coefficient (Wildman–Crippen LogP) is 5.07. The molecule has 0 bridgehead atoms. The Kier molecular flexibility index (Phi) is 8.29. The van der Waals surface area contributed by atoms with Crippen molar-refractivity contribution in [2.75, 3.05) is 37.7 Å². The van der Waals surface area contributed by atoms with Crippen LogP contribution in [0.1, 0.15) is 43.7 Å². The summed E-state index contributed by atoms with van der Waals surface area (Å²) in [6.45, 7) is 2.63.